The highest BCUT2D eigenvalue weighted by Gasteiger charge is 2.37. The zero-order chi connectivity index (χ0) is 14.5. The van der Waals surface area contributed by atoms with Crippen molar-refractivity contribution in [1.82, 2.24) is 10.2 Å². The van der Waals surface area contributed by atoms with Crippen molar-refractivity contribution in [2.75, 3.05) is 24.5 Å². The molecule has 20 heavy (non-hydrogen) atoms. The first-order valence-corrected chi connectivity index (χ1v) is 6.57. The van der Waals surface area contributed by atoms with Crippen molar-refractivity contribution in [3.05, 3.63) is 30.3 Å². The molecule has 0 spiro atoms. The second-order valence-electron chi connectivity index (χ2n) is 4.53. The lowest BCUT2D eigenvalue weighted by molar-refractivity contribution is -0.130. The Morgan fingerprint density at radius 3 is 2.60 bits per heavy atom. The van der Waals surface area contributed by atoms with E-state index in [9.17, 15) is 14.4 Å². The lowest BCUT2D eigenvalue weighted by atomic mass is 10.3. The molecule has 1 aromatic carbocycles. The van der Waals surface area contributed by atoms with Gasteiger partial charge in [0, 0.05) is 12.2 Å². The van der Waals surface area contributed by atoms with Gasteiger partial charge in [0.05, 0.1) is 0 Å². The molecule has 0 radical (unpaired) electrons. The first-order chi connectivity index (χ1) is 9.63. The van der Waals surface area contributed by atoms with Crippen molar-refractivity contribution in [2.45, 2.75) is 13.3 Å². The molecule has 1 N–H and O–H groups in total. The standard InChI is InChI=1S/C14H17N3O3/c1-2-8-15-12(18)9-17-13(19)10-16(14(17)20)11-6-4-3-5-7-11/h3-7H,2,8-10H2,1H3,(H,15,18). The smallest absolute Gasteiger partial charge is 0.332 e. The summed E-state index contributed by atoms with van der Waals surface area (Å²) in [4.78, 5) is 38.0. The first-order valence-electron chi connectivity index (χ1n) is 6.57. The summed E-state index contributed by atoms with van der Waals surface area (Å²) in [6.07, 6.45) is 0.809. The Balaban J connectivity index is 2.04. The van der Waals surface area contributed by atoms with Crippen LogP contribution in [0.4, 0.5) is 10.5 Å². The van der Waals surface area contributed by atoms with Gasteiger partial charge >= 0.3 is 6.03 Å². The van der Waals surface area contributed by atoms with Gasteiger partial charge < -0.3 is 5.32 Å². The molecule has 4 amide bonds. The molecule has 1 aliphatic heterocycles. The Hall–Kier alpha value is -2.37. The number of para-hydroxylation sites is 1. The minimum absolute atomic E-state index is 0.0239. The molecule has 1 aromatic rings. The molecule has 6 nitrogen and oxygen atoms in total. The van der Waals surface area contributed by atoms with Gasteiger partial charge in [-0.1, -0.05) is 25.1 Å². The number of hydrogen-bond acceptors (Lipinski definition) is 3. The number of nitrogens with zero attached hydrogens (tertiary/aromatic N) is 2. The topological polar surface area (TPSA) is 69.7 Å². The summed E-state index contributed by atoms with van der Waals surface area (Å²) in [6.45, 7) is 2.23. The second-order valence-corrected chi connectivity index (χ2v) is 4.53. The van der Waals surface area contributed by atoms with Crippen molar-refractivity contribution in [3.8, 4) is 0 Å². The van der Waals surface area contributed by atoms with E-state index in [0.29, 0.717) is 12.2 Å². The summed E-state index contributed by atoms with van der Waals surface area (Å²) in [5, 5.41) is 2.65. The van der Waals surface area contributed by atoms with E-state index in [1.54, 1.807) is 24.3 Å². The highest BCUT2D eigenvalue weighted by molar-refractivity contribution is 6.13. The molecule has 0 aromatic heterocycles. The Morgan fingerprint density at radius 1 is 1.25 bits per heavy atom. The molecule has 0 atom stereocenters. The third-order valence-corrected chi connectivity index (χ3v) is 3.00. The van der Waals surface area contributed by atoms with E-state index in [0.717, 1.165) is 11.3 Å². The third kappa shape index (κ3) is 2.96. The van der Waals surface area contributed by atoms with Crippen LogP contribution in [0.1, 0.15) is 13.3 Å². The maximum absolute atomic E-state index is 12.2. The zero-order valence-electron chi connectivity index (χ0n) is 11.3. The highest BCUT2D eigenvalue weighted by atomic mass is 16.2. The van der Waals surface area contributed by atoms with Crippen LogP contribution in [0.15, 0.2) is 30.3 Å². The van der Waals surface area contributed by atoms with E-state index in [1.165, 1.54) is 4.90 Å². The van der Waals surface area contributed by atoms with Crippen molar-refractivity contribution in [1.29, 1.82) is 0 Å². The monoisotopic (exact) mass is 275 g/mol. The van der Waals surface area contributed by atoms with Gasteiger partial charge in [0.2, 0.25) is 5.91 Å². The number of nitrogens with one attached hydrogen (secondary N) is 1. The summed E-state index contributed by atoms with van der Waals surface area (Å²) >= 11 is 0. The third-order valence-electron chi connectivity index (χ3n) is 3.00. The minimum Gasteiger partial charge on any atom is -0.355 e. The fourth-order valence-corrected chi connectivity index (χ4v) is 1.97. The summed E-state index contributed by atoms with van der Waals surface area (Å²) in [5.41, 5.74) is 0.655. The average Bonchev–Trinajstić information content (AvgIpc) is 2.74. The normalized spacial score (nSPS) is 14.8. The molecule has 1 fully saturated rings. The first kappa shape index (κ1) is 14.0. The summed E-state index contributed by atoms with van der Waals surface area (Å²) < 4.78 is 0. The maximum Gasteiger partial charge on any atom is 0.332 e. The van der Waals surface area contributed by atoms with Crippen molar-refractivity contribution in [3.63, 3.8) is 0 Å². The van der Waals surface area contributed by atoms with Crippen LogP contribution in [0.5, 0.6) is 0 Å². The van der Waals surface area contributed by atoms with E-state index >= 15 is 0 Å². The zero-order valence-corrected chi connectivity index (χ0v) is 11.3. The summed E-state index contributed by atoms with van der Waals surface area (Å²) in [7, 11) is 0. The molecule has 1 aliphatic rings. The van der Waals surface area contributed by atoms with Crippen molar-refractivity contribution < 1.29 is 14.4 Å². The average molecular weight is 275 g/mol. The number of carbonyl (C=O) groups excluding carboxylic acids is 3. The van der Waals surface area contributed by atoms with Crippen LogP contribution in [-0.4, -0.2) is 42.4 Å². The van der Waals surface area contributed by atoms with Crippen LogP contribution in [0, 0.1) is 0 Å². The molecule has 0 unspecified atom stereocenters. The molecule has 0 aliphatic carbocycles. The number of carbonyl (C=O) groups is 3. The number of amides is 4. The van der Waals surface area contributed by atoms with E-state index in [-0.39, 0.29) is 24.9 Å². The fourth-order valence-electron chi connectivity index (χ4n) is 1.97. The fraction of sp³-hybridized carbons (Fsp3) is 0.357. The largest absolute Gasteiger partial charge is 0.355 e. The lowest BCUT2D eigenvalue weighted by Gasteiger charge is -2.16. The molecule has 1 saturated heterocycles. The molecular weight excluding hydrogens is 258 g/mol. The van der Waals surface area contributed by atoms with Crippen LogP contribution < -0.4 is 10.2 Å². The molecule has 0 saturated carbocycles. The van der Waals surface area contributed by atoms with Gasteiger partial charge in [-0.3, -0.25) is 19.4 Å². The van der Waals surface area contributed by atoms with E-state index in [4.69, 9.17) is 0 Å². The van der Waals surface area contributed by atoms with Gasteiger partial charge in [0.1, 0.15) is 13.1 Å². The molecular formula is C14H17N3O3. The van der Waals surface area contributed by atoms with Crippen molar-refractivity contribution >= 4 is 23.5 Å². The Bertz CT molecular complexity index is 516. The second kappa shape index (κ2) is 6.18. The quantitative estimate of drug-likeness (QED) is 0.814. The Morgan fingerprint density at radius 2 is 1.95 bits per heavy atom. The van der Waals surface area contributed by atoms with E-state index in [2.05, 4.69) is 5.32 Å². The molecule has 106 valence electrons. The summed E-state index contributed by atoms with van der Waals surface area (Å²) in [5.74, 6) is -0.672. The predicted molar refractivity (Wildman–Crippen MR) is 74.2 cm³/mol. The number of benzene rings is 1. The number of hydrogen-bond donors (Lipinski definition) is 1. The number of urea groups is 1. The van der Waals surface area contributed by atoms with Crippen LogP contribution in [0.25, 0.3) is 0 Å². The van der Waals surface area contributed by atoms with E-state index in [1.807, 2.05) is 13.0 Å². The van der Waals surface area contributed by atoms with Gasteiger partial charge in [0.25, 0.3) is 5.91 Å². The van der Waals surface area contributed by atoms with E-state index < -0.39 is 6.03 Å². The predicted octanol–water partition coefficient (Wildman–Crippen LogP) is 0.981. The number of imide groups is 1. The maximum atomic E-state index is 12.2. The van der Waals surface area contributed by atoms with Crippen LogP contribution in [-0.2, 0) is 9.59 Å². The molecule has 2 rings (SSSR count). The van der Waals surface area contributed by atoms with Gasteiger partial charge in [0.15, 0.2) is 0 Å². The Kier molecular flexibility index (Phi) is 4.34. The van der Waals surface area contributed by atoms with Gasteiger partial charge in [-0.15, -0.1) is 0 Å². The van der Waals surface area contributed by atoms with Crippen LogP contribution in [0.2, 0.25) is 0 Å². The summed E-state index contributed by atoms with van der Waals surface area (Å²) in [6, 6.07) is 8.49. The minimum atomic E-state index is -0.451. The van der Waals surface area contributed by atoms with Gasteiger partial charge in [-0.2, -0.15) is 0 Å². The Labute approximate surface area is 117 Å². The number of rotatable bonds is 5. The van der Waals surface area contributed by atoms with Gasteiger partial charge in [-0.05, 0) is 18.6 Å². The van der Waals surface area contributed by atoms with Crippen LogP contribution in [0.3, 0.4) is 0 Å². The SMILES string of the molecule is CCCNC(=O)CN1C(=O)CN(c2ccccc2)C1=O. The lowest BCUT2D eigenvalue weighted by Crippen LogP contribution is -2.41. The number of anilines is 1. The van der Waals surface area contributed by atoms with Crippen molar-refractivity contribution in [2.24, 2.45) is 0 Å². The molecule has 1 heterocycles. The van der Waals surface area contributed by atoms with Gasteiger partial charge in [-0.25, -0.2) is 4.79 Å². The molecule has 6 heteroatoms. The molecule has 0 bridgehead atoms. The van der Waals surface area contributed by atoms with Crippen LogP contribution >= 0.6 is 0 Å². The highest BCUT2D eigenvalue weighted by Crippen LogP contribution is 2.20.